The van der Waals surface area contributed by atoms with Crippen LogP contribution in [0.2, 0.25) is 5.15 Å². The van der Waals surface area contributed by atoms with Crippen molar-refractivity contribution in [2.45, 2.75) is 38.3 Å². The quantitative estimate of drug-likeness (QED) is 0.576. The lowest BCUT2D eigenvalue weighted by molar-refractivity contribution is -0.125. The number of carbonyl (C=O) groups excluding carboxylic acids is 1. The molecule has 1 saturated carbocycles. The Morgan fingerprint density at radius 2 is 1.83 bits per heavy atom. The number of carbonyl (C=O) groups is 1. The van der Waals surface area contributed by atoms with Gasteiger partial charge in [0, 0.05) is 18.3 Å². The number of rotatable bonds is 7. The molecule has 1 N–H and O–H groups in total. The highest BCUT2D eigenvalue weighted by atomic mass is 35.5. The van der Waals surface area contributed by atoms with Gasteiger partial charge in [0.2, 0.25) is 5.91 Å². The fourth-order valence-electron chi connectivity index (χ4n) is 3.81. The van der Waals surface area contributed by atoms with Gasteiger partial charge in [-0.25, -0.2) is 4.98 Å². The minimum atomic E-state index is -0.487. The van der Waals surface area contributed by atoms with E-state index in [-0.39, 0.29) is 17.0 Å². The van der Waals surface area contributed by atoms with Crippen LogP contribution in [0, 0.1) is 5.92 Å². The molecule has 3 aromatic rings. The third-order valence-electron chi connectivity index (χ3n) is 5.41. The van der Waals surface area contributed by atoms with Gasteiger partial charge in [-0.3, -0.25) is 9.78 Å². The molecule has 1 aliphatic rings. The third kappa shape index (κ3) is 4.97. The van der Waals surface area contributed by atoms with Crippen LogP contribution in [0.3, 0.4) is 0 Å². The van der Waals surface area contributed by atoms with Crippen LogP contribution in [0.1, 0.15) is 48.5 Å². The molecule has 0 radical (unpaired) electrons. The van der Waals surface area contributed by atoms with Crippen molar-refractivity contribution in [2.24, 2.45) is 5.92 Å². The van der Waals surface area contributed by atoms with Crippen LogP contribution in [0.5, 0.6) is 5.75 Å². The van der Waals surface area contributed by atoms with Gasteiger partial charge >= 0.3 is 0 Å². The number of nitrogens with one attached hydrogen (secondary N) is 1. The van der Waals surface area contributed by atoms with Crippen LogP contribution in [0.15, 0.2) is 67.0 Å². The number of ether oxygens (including phenoxy) is 1. The third-order valence-corrected chi connectivity index (χ3v) is 5.70. The van der Waals surface area contributed by atoms with Crippen molar-refractivity contribution in [3.8, 4) is 5.75 Å². The maximum Gasteiger partial charge on any atom is 0.223 e. The molecule has 0 saturated heterocycles. The second-order valence-corrected chi connectivity index (χ2v) is 7.86. The van der Waals surface area contributed by atoms with Crippen LogP contribution in [0.25, 0.3) is 0 Å². The van der Waals surface area contributed by atoms with Crippen LogP contribution in [-0.4, -0.2) is 15.9 Å². The SMILES string of the molecule is O=C(NC(c1cccc(OCc2ccccc2)c1)c1nccnc1Cl)C1CCCC1. The predicted molar refractivity (Wildman–Crippen MR) is 116 cm³/mol. The molecule has 5 nitrogen and oxygen atoms in total. The van der Waals surface area contributed by atoms with Gasteiger partial charge in [0.15, 0.2) is 5.15 Å². The van der Waals surface area contributed by atoms with E-state index in [9.17, 15) is 4.79 Å². The zero-order valence-corrected chi connectivity index (χ0v) is 17.4. The molecule has 1 unspecified atom stereocenters. The predicted octanol–water partition coefficient (Wildman–Crippen LogP) is 5.10. The fourth-order valence-corrected chi connectivity index (χ4v) is 4.02. The van der Waals surface area contributed by atoms with E-state index >= 15 is 0 Å². The van der Waals surface area contributed by atoms with Gasteiger partial charge in [0.1, 0.15) is 18.1 Å². The van der Waals surface area contributed by atoms with E-state index in [2.05, 4.69) is 15.3 Å². The molecule has 0 spiro atoms. The smallest absolute Gasteiger partial charge is 0.223 e. The minimum absolute atomic E-state index is 0.0369. The fraction of sp³-hybridized carbons (Fsp3) is 0.292. The molecule has 1 amide bonds. The van der Waals surface area contributed by atoms with Crippen molar-refractivity contribution in [1.82, 2.24) is 15.3 Å². The Hall–Kier alpha value is -2.92. The van der Waals surface area contributed by atoms with E-state index in [4.69, 9.17) is 16.3 Å². The van der Waals surface area contributed by atoms with E-state index in [1.54, 1.807) is 12.4 Å². The van der Waals surface area contributed by atoms with E-state index < -0.39 is 6.04 Å². The first-order valence-corrected chi connectivity index (χ1v) is 10.6. The zero-order chi connectivity index (χ0) is 20.8. The summed E-state index contributed by atoms with van der Waals surface area (Å²) in [5, 5.41) is 3.43. The summed E-state index contributed by atoms with van der Waals surface area (Å²) in [6.07, 6.45) is 7.17. The van der Waals surface area contributed by atoms with E-state index in [1.165, 1.54) is 0 Å². The van der Waals surface area contributed by atoms with Gasteiger partial charge in [-0.05, 0) is 36.1 Å². The molecule has 4 rings (SSSR count). The summed E-state index contributed by atoms with van der Waals surface area (Å²) in [6, 6.07) is 17.2. The van der Waals surface area contributed by atoms with Crippen LogP contribution < -0.4 is 10.1 Å². The topological polar surface area (TPSA) is 64.1 Å². The number of hydrogen-bond donors (Lipinski definition) is 1. The highest BCUT2D eigenvalue weighted by Crippen LogP contribution is 2.30. The lowest BCUT2D eigenvalue weighted by Crippen LogP contribution is -2.34. The normalized spacial score (nSPS) is 15.0. The number of nitrogens with zero attached hydrogens (tertiary/aromatic N) is 2. The maximum absolute atomic E-state index is 12.9. The van der Waals surface area contributed by atoms with Gasteiger partial charge in [-0.1, -0.05) is 66.9 Å². The molecular weight excluding hydrogens is 398 g/mol. The maximum atomic E-state index is 12.9. The Labute approximate surface area is 181 Å². The molecular formula is C24H24ClN3O2. The van der Waals surface area contributed by atoms with Gasteiger partial charge in [-0.2, -0.15) is 0 Å². The summed E-state index contributed by atoms with van der Waals surface area (Å²) in [5.74, 6) is 0.798. The summed E-state index contributed by atoms with van der Waals surface area (Å²) in [7, 11) is 0. The van der Waals surface area contributed by atoms with Gasteiger partial charge in [-0.15, -0.1) is 0 Å². The summed E-state index contributed by atoms with van der Waals surface area (Å²) in [4.78, 5) is 21.4. The summed E-state index contributed by atoms with van der Waals surface area (Å²) >= 11 is 6.34. The molecule has 154 valence electrons. The van der Waals surface area contributed by atoms with Crippen molar-refractivity contribution >= 4 is 17.5 Å². The lowest BCUT2D eigenvalue weighted by atomic mass is 10.0. The number of aromatic nitrogens is 2. The Morgan fingerprint density at radius 1 is 1.07 bits per heavy atom. The van der Waals surface area contributed by atoms with Crippen LogP contribution in [-0.2, 0) is 11.4 Å². The molecule has 6 heteroatoms. The largest absolute Gasteiger partial charge is 0.489 e. The number of hydrogen-bond acceptors (Lipinski definition) is 4. The lowest BCUT2D eigenvalue weighted by Gasteiger charge is -2.22. The molecule has 1 heterocycles. The number of benzene rings is 2. The monoisotopic (exact) mass is 421 g/mol. The van der Waals surface area contributed by atoms with Crippen molar-refractivity contribution in [3.05, 3.63) is 89.0 Å². The van der Waals surface area contributed by atoms with Gasteiger partial charge in [0.05, 0.1) is 6.04 Å². The first kappa shape index (κ1) is 20.4. The van der Waals surface area contributed by atoms with E-state index in [1.807, 2.05) is 54.6 Å². The molecule has 0 aliphatic heterocycles. The Bertz CT molecular complexity index is 991. The van der Waals surface area contributed by atoms with Gasteiger partial charge in [0.25, 0.3) is 0 Å². The molecule has 1 aromatic heterocycles. The van der Waals surface area contributed by atoms with Crippen LogP contribution >= 0.6 is 11.6 Å². The zero-order valence-electron chi connectivity index (χ0n) is 16.6. The molecule has 1 aliphatic carbocycles. The average Bonchev–Trinajstić information content (AvgIpc) is 3.33. The Balaban J connectivity index is 1.58. The van der Waals surface area contributed by atoms with E-state index in [0.717, 1.165) is 42.6 Å². The number of amides is 1. The summed E-state index contributed by atoms with van der Waals surface area (Å²) < 4.78 is 5.97. The standard InChI is InChI=1S/C24H24ClN3O2/c25-23-22(26-13-14-27-23)21(28-24(29)18-9-4-5-10-18)19-11-6-12-20(15-19)30-16-17-7-2-1-3-8-17/h1-3,6-8,11-15,18,21H,4-5,9-10,16H2,(H,28,29). The molecule has 1 atom stereocenters. The molecule has 0 bridgehead atoms. The highest BCUT2D eigenvalue weighted by Gasteiger charge is 2.28. The molecule has 30 heavy (non-hydrogen) atoms. The van der Waals surface area contributed by atoms with Gasteiger partial charge < -0.3 is 10.1 Å². The second-order valence-electron chi connectivity index (χ2n) is 7.50. The first-order valence-electron chi connectivity index (χ1n) is 10.2. The average molecular weight is 422 g/mol. The summed E-state index contributed by atoms with van der Waals surface area (Å²) in [6.45, 7) is 0.468. The molecule has 2 aromatic carbocycles. The first-order chi connectivity index (χ1) is 14.7. The Kier molecular flexibility index (Phi) is 6.60. The van der Waals surface area contributed by atoms with E-state index in [0.29, 0.717) is 12.3 Å². The van der Waals surface area contributed by atoms with Crippen molar-refractivity contribution in [1.29, 1.82) is 0 Å². The summed E-state index contributed by atoms with van der Waals surface area (Å²) in [5.41, 5.74) is 2.48. The van der Waals surface area contributed by atoms with Crippen molar-refractivity contribution < 1.29 is 9.53 Å². The minimum Gasteiger partial charge on any atom is -0.489 e. The highest BCUT2D eigenvalue weighted by molar-refractivity contribution is 6.30. The second kappa shape index (κ2) is 9.72. The van der Waals surface area contributed by atoms with Crippen molar-refractivity contribution in [2.75, 3.05) is 0 Å². The molecule has 1 fully saturated rings. The number of halogens is 1. The Morgan fingerprint density at radius 3 is 2.60 bits per heavy atom. The van der Waals surface area contributed by atoms with Crippen molar-refractivity contribution in [3.63, 3.8) is 0 Å². The van der Waals surface area contributed by atoms with Crippen LogP contribution in [0.4, 0.5) is 0 Å².